The second-order valence-corrected chi connectivity index (χ2v) is 9.40. The molecule has 0 atom stereocenters. The molecule has 0 bridgehead atoms. The zero-order valence-corrected chi connectivity index (χ0v) is 22.8. The van der Waals surface area contributed by atoms with Gasteiger partial charge in [-0.2, -0.15) is 17.6 Å². The van der Waals surface area contributed by atoms with Gasteiger partial charge in [-0.1, -0.05) is 30.3 Å². The van der Waals surface area contributed by atoms with Gasteiger partial charge in [0.1, 0.15) is 11.4 Å². The van der Waals surface area contributed by atoms with Gasteiger partial charge in [-0.15, -0.1) is 0 Å². The Hall–Kier alpha value is -4.76. The maximum atomic E-state index is 14.8. The monoisotopic (exact) mass is 608 g/mol. The van der Waals surface area contributed by atoms with Crippen molar-refractivity contribution in [3.05, 3.63) is 77.4 Å². The average molecular weight is 609 g/mol. The van der Waals surface area contributed by atoms with Crippen LogP contribution < -0.4 is 38.1 Å². The molecule has 2 amide bonds. The summed E-state index contributed by atoms with van der Waals surface area (Å²) in [5.74, 6) is -11.2. The number of nitrogen functional groups attached to an aromatic ring is 1. The van der Waals surface area contributed by atoms with Crippen molar-refractivity contribution < 1.29 is 41.8 Å². The highest BCUT2D eigenvalue weighted by molar-refractivity contribution is 5.96. The smallest absolute Gasteiger partial charge is 0.328 e. The van der Waals surface area contributed by atoms with E-state index in [-0.39, 0.29) is 52.8 Å². The first kappa shape index (κ1) is 32.8. The number of primary amides is 2. The molecule has 15 heteroatoms. The van der Waals surface area contributed by atoms with Gasteiger partial charge in [0, 0.05) is 17.5 Å². The molecule has 0 aliphatic carbocycles. The molecule has 0 unspecified atom stereocenters. The zero-order chi connectivity index (χ0) is 31.6. The van der Waals surface area contributed by atoms with Gasteiger partial charge < -0.3 is 37.3 Å². The Kier molecular flexibility index (Phi) is 11.0. The van der Waals surface area contributed by atoms with E-state index in [1.807, 2.05) is 30.3 Å². The molecule has 3 rings (SSSR count). The van der Waals surface area contributed by atoms with Crippen LogP contribution in [0.25, 0.3) is 0 Å². The molecular formula is C28H32F4N6O5. The molecule has 0 saturated heterocycles. The number of nitrogens with one attached hydrogen (secondary N) is 3. The summed E-state index contributed by atoms with van der Waals surface area (Å²) in [4.78, 5) is 23.0. The molecule has 10 N–H and O–H groups in total. The lowest BCUT2D eigenvalue weighted by Gasteiger charge is -2.28. The van der Waals surface area contributed by atoms with Gasteiger partial charge in [0.25, 0.3) is 0 Å². The summed E-state index contributed by atoms with van der Waals surface area (Å²) in [6, 6.07) is 15.0. The Morgan fingerprint density at radius 2 is 1.47 bits per heavy atom. The fourth-order valence-corrected chi connectivity index (χ4v) is 3.79. The summed E-state index contributed by atoms with van der Waals surface area (Å²) in [6.45, 7) is -2.50. The predicted molar refractivity (Wildman–Crippen MR) is 153 cm³/mol. The Morgan fingerprint density at radius 3 is 2.07 bits per heavy atom. The Labute approximate surface area is 244 Å². The predicted octanol–water partition coefficient (Wildman–Crippen LogP) is 4.05. The first-order valence-electron chi connectivity index (χ1n) is 12.9. The van der Waals surface area contributed by atoms with Crippen molar-refractivity contribution in [2.45, 2.75) is 24.9 Å². The van der Waals surface area contributed by atoms with Gasteiger partial charge >= 0.3 is 11.8 Å². The van der Waals surface area contributed by atoms with E-state index in [0.29, 0.717) is 13.0 Å². The summed E-state index contributed by atoms with van der Waals surface area (Å²) in [6.07, 6.45) is 0.346. The number of halogens is 4. The number of benzene rings is 3. The fourth-order valence-electron chi connectivity index (χ4n) is 3.79. The lowest BCUT2D eigenvalue weighted by atomic mass is 10.1. The SMILES string of the molecule is NC(=O)c1ccc(NCC(F)(F)C(F)(F)CNc2c(NO)cc(C(N)=O)cc2OCCCOCc2ccccc2)c(N)c1. The minimum Gasteiger partial charge on any atom is -0.491 e. The second kappa shape index (κ2) is 14.4. The number of carbonyl (C=O) groups excluding carboxylic acids is 2. The molecule has 0 heterocycles. The van der Waals surface area contributed by atoms with Crippen molar-refractivity contribution in [2.24, 2.45) is 11.5 Å². The standard InChI is InChI=1S/C28H32F4N6O5/c29-27(30,15-36-21-8-7-18(25(34)39)11-20(21)33)28(31,32)16-37-24-22(38-41)12-19(26(35)40)13-23(24)43-10-4-9-42-14-17-5-2-1-3-6-17/h1-3,5-8,11-13,36-38,41H,4,9-10,14-16,33H2,(H2,34,39)(H2,35,40). The number of carbonyl (C=O) groups is 2. The number of hydrogen-bond donors (Lipinski definition) is 7. The van der Waals surface area contributed by atoms with Gasteiger partial charge in [0.05, 0.1) is 50.0 Å². The maximum absolute atomic E-state index is 14.8. The van der Waals surface area contributed by atoms with Crippen LogP contribution >= 0.6 is 0 Å². The lowest BCUT2D eigenvalue weighted by Crippen LogP contribution is -2.50. The molecule has 3 aromatic carbocycles. The van der Waals surface area contributed by atoms with E-state index in [1.165, 1.54) is 6.07 Å². The zero-order valence-electron chi connectivity index (χ0n) is 22.8. The number of ether oxygens (including phenoxy) is 2. The van der Waals surface area contributed by atoms with Crippen LogP contribution in [0, 0.1) is 0 Å². The van der Waals surface area contributed by atoms with Gasteiger partial charge in [0.2, 0.25) is 11.8 Å². The molecule has 0 fully saturated rings. The van der Waals surface area contributed by atoms with E-state index in [0.717, 1.165) is 29.8 Å². The number of rotatable bonds is 17. The second-order valence-electron chi connectivity index (χ2n) is 9.40. The first-order valence-corrected chi connectivity index (χ1v) is 12.9. The third kappa shape index (κ3) is 8.86. The Morgan fingerprint density at radius 1 is 0.814 bits per heavy atom. The molecule has 0 spiro atoms. The molecule has 0 aliphatic rings. The largest absolute Gasteiger partial charge is 0.491 e. The highest BCUT2D eigenvalue weighted by atomic mass is 19.3. The molecular weight excluding hydrogens is 576 g/mol. The quantitative estimate of drug-likeness (QED) is 0.0514. The summed E-state index contributed by atoms with van der Waals surface area (Å²) in [7, 11) is 0. The van der Waals surface area contributed by atoms with Crippen LogP contribution in [0.5, 0.6) is 5.75 Å². The fraction of sp³-hybridized carbons (Fsp3) is 0.286. The molecule has 11 nitrogen and oxygen atoms in total. The minimum atomic E-state index is -4.64. The van der Waals surface area contributed by atoms with Crippen molar-refractivity contribution in [1.82, 2.24) is 0 Å². The topological polar surface area (TPSA) is 187 Å². The summed E-state index contributed by atoms with van der Waals surface area (Å²) in [5.41, 5.74) is 17.9. The van der Waals surface area contributed by atoms with Gasteiger partial charge in [-0.05, 0) is 35.9 Å². The summed E-state index contributed by atoms with van der Waals surface area (Å²) < 4.78 is 70.2. The van der Waals surface area contributed by atoms with E-state index in [9.17, 15) is 32.4 Å². The Bertz CT molecular complexity index is 1410. The number of hydrogen-bond acceptors (Lipinski definition) is 9. The van der Waals surface area contributed by atoms with Crippen LogP contribution in [-0.4, -0.2) is 55.2 Å². The van der Waals surface area contributed by atoms with E-state index in [2.05, 4.69) is 10.6 Å². The van der Waals surface area contributed by atoms with Gasteiger partial charge in [0.15, 0.2) is 0 Å². The van der Waals surface area contributed by atoms with Crippen molar-refractivity contribution in [1.29, 1.82) is 0 Å². The van der Waals surface area contributed by atoms with E-state index < -0.39 is 36.7 Å². The maximum Gasteiger partial charge on any atom is 0.328 e. The van der Waals surface area contributed by atoms with Crippen LogP contribution in [0.1, 0.15) is 32.7 Å². The molecule has 43 heavy (non-hydrogen) atoms. The first-order chi connectivity index (χ1) is 20.3. The van der Waals surface area contributed by atoms with Crippen LogP contribution in [0.2, 0.25) is 0 Å². The summed E-state index contributed by atoms with van der Waals surface area (Å²) >= 11 is 0. The number of alkyl halides is 4. The van der Waals surface area contributed by atoms with Gasteiger partial charge in [-0.3, -0.25) is 20.3 Å². The van der Waals surface area contributed by atoms with Crippen molar-refractivity contribution in [3.8, 4) is 5.75 Å². The third-order valence-corrected chi connectivity index (χ3v) is 6.17. The van der Waals surface area contributed by atoms with E-state index in [4.69, 9.17) is 26.7 Å². The molecule has 0 saturated carbocycles. The third-order valence-electron chi connectivity index (χ3n) is 6.17. The van der Waals surface area contributed by atoms with Crippen LogP contribution in [0.4, 0.5) is 40.3 Å². The number of anilines is 4. The highest BCUT2D eigenvalue weighted by Gasteiger charge is 2.55. The average Bonchev–Trinajstić information content (AvgIpc) is 2.97. The van der Waals surface area contributed by atoms with Crippen molar-refractivity contribution >= 4 is 34.6 Å². The van der Waals surface area contributed by atoms with Gasteiger partial charge in [-0.25, -0.2) is 0 Å². The van der Waals surface area contributed by atoms with E-state index in [1.54, 1.807) is 5.48 Å². The lowest BCUT2D eigenvalue weighted by molar-refractivity contribution is -0.191. The van der Waals surface area contributed by atoms with E-state index >= 15 is 0 Å². The Balaban J connectivity index is 1.67. The van der Waals surface area contributed by atoms with Crippen LogP contribution in [0.15, 0.2) is 60.7 Å². The molecule has 232 valence electrons. The molecule has 0 radical (unpaired) electrons. The molecule has 0 aromatic heterocycles. The van der Waals surface area contributed by atoms with Crippen LogP contribution in [-0.2, 0) is 11.3 Å². The summed E-state index contributed by atoms with van der Waals surface area (Å²) in [5, 5.41) is 13.9. The van der Waals surface area contributed by atoms with Crippen molar-refractivity contribution in [3.63, 3.8) is 0 Å². The molecule has 0 aliphatic heterocycles. The minimum absolute atomic E-state index is 0.0109. The number of nitrogens with two attached hydrogens (primary N) is 3. The normalized spacial score (nSPS) is 11.6. The van der Waals surface area contributed by atoms with Crippen LogP contribution in [0.3, 0.4) is 0 Å². The highest BCUT2D eigenvalue weighted by Crippen LogP contribution is 2.39. The van der Waals surface area contributed by atoms with Crippen molar-refractivity contribution in [2.75, 3.05) is 48.2 Å². The molecule has 3 aromatic rings. The number of amides is 2.